The number of aryl methyl sites for hydroxylation is 2. The average Bonchev–Trinajstić information content (AvgIpc) is 3.22. The molecule has 0 aliphatic carbocycles. The van der Waals surface area contributed by atoms with Crippen molar-refractivity contribution in [2.75, 3.05) is 0 Å². The highest BCUT2D eigenvalue weighted by Gasteiger charge is 2.16. The van der Waals surface area contributed by atoms with Crippen LogP contribution in [-0.2, 0) is 6.42 Å². The van der Waals surface area contributed by atoms with Crippen molar-refractivity contribution in [2.24, 2.45) is 0 Å². The molecular formula is C19H16N4OS. The SMILES string of the molecule is Cc1cc(-c2cc(C(=O)Cc3nc(C)cs3)c3nccn3c2)ccn1. The second kappa shape index (κ2) is 6.22. The van der Waals surface area contributed by atoms with Crippen molar-refractivity contribution >= 4 is 22.8 Å². The van der Waals surface area contributed by atoms with Crippen LogP contribution in [0.1, 0.15) is 26.8 Å². The molecule has 5 nitrogen and oxygen atoms in total. The van der Waals surface area contributed by atoms with Crippen LogP contribution >= 0.6 is 11.3 Å². The summed E-state index contributed by atoms with van der Waals surface area (Å²) in [6, 6.07) is 5.87. The minimum absolute atomic E-state index is 0.0261. The smallest absolute Gasteiger partial charge is 0.173 e. The van der Waals surface area contributed by atoms with Gasteiger partial charge in [0.05, 0.1) is 12.0 Å². The van der Waals surface area contributed by atoms with E-state index in [9.17, 15) is 4.79 Å². The number of fused-ring (bicyclic) bond motifs is 1. The molecule has 4 heterocycles. The molecule has 4 aromatic rings. The molecule has 0 atom stereocenters. The van der Waals surface area contributed by atoms with Gasteiger partial charge in [-0.05, 0) is 43.2 Å². The molecule has 0 spiro atoms. The van der Waals surface area contributed by atoms with E-state index in [1.807, 2.05) is 54.2 Å². The molecule has 0 bridgehead atoms. The third-order valence-electron chi connectivity index (χ3n) is 4.00. The highest BCUT2D eigenvalue weighted by Crippen LogP contribution is 2.24. The second-order valence-electron chi connectivity index (χ2n) is 5.97. The molecule has 0 radical (unpaired) electrons. The molecule has 0 saturated heterocycles. The van der Waals surface area contributed by atoms with Crippen molar-refractivity contribution in [1.82, 2.24) is 19.4 Å². The zero-order valence-corrected chi connectivity index (χ0v) is 14.7. The van der Waals surface area contributed by atoms with Crippen LogP contribution in [0.4, 0.5) is 0 Å². The molecule has 6 heteroatoms. The van der Waals surface area contributed by atoms with Gasteiger partial charge in [0.2, 0.25) is 0 Å². The van der Waals surface area contributed by atoms with Crippen molar-refractivity contribution < 1.29 is 4.79 Å². The molecule has 124 valence electrons. The molecule has 25 heavy (non-hydrogen) atoms. The van der Waals surface area contributed by atoms with E-state index in [1.54, 1.807) is 12.4 Å². The van der Waals surface area contributed by atoms with Gasteiger partial charge in [0.1, 0.15) is 10.7 Å². The molecule has 0 amide bonds. The normalized spacial score (nSPS) is 11.1. The van der Waals surface area contributed by atoms with Crippen LogP contribution in [0.15, 0.2) is 48.4 Å². The molecule has 0 unspecified atom stereocenters. The Balaban J connectivity index is 1.79. The number of pyridine rings is 2. The first-order valence-corrected chi connectivity index (χ1v) is 8.82. The Morgan fingerprint density at radius 3 is 2.76 bits per heavy atom. The Morgan fingerprint density at radius 2 is 2.00 bits per heavy atom. The van der Waals surface area contributed by atoms with Crippen molar-refractivity contribution in [2.45, 2.75) is 20.3 Å². The van der Waals surface area contributed by atoms with Crippen LogP contribution in [0.25, 0.3) is 16.8 Å². The number of carbonyl (C=O) groups excluding carboxylic acids is 1. The molecule has 4 rings (SSSR count). The zero-order chi connectivity index (χ0) is 17.4. The maximum Gasteiger partial charge on any atom is 0.173 e. The molecule has 0 aromatic carbocycles. The summed E-state index contributed by atoms with van der Waals surface area (Å²) >= 11 is 1.52. The standard InChI is InChI=1S/C19H16N4OS/c1-12-7-14(3-4-20-12)15-8-16(19-21-5-6-23(19)10-15)17(24)9-18-22-13(2)11-25-18/h3-8,10-11H,9H2,1-2H3. The van der Waals surface area contributed by atoms with Gasteiger partial charge in [-0.25, -0.2) is 9.97 Å². The van der Waals surface area contributed by atoms with Crippen molar-refractivity contribution in [1.29, 1.82) is 0 Å². The van der Waals surface area contributed by atoms with Crippen LogP contribution in [0.2, 0.25) is 0 Å². The summed E-state index contributed by atoms with van der Waals surface area (Å²) in [6.07, 6.45) is 7.63. The van der Waals surface area contributed by atoms with E-state index in [0.29, 0.717) is 17.6 Å². The van der Waals surface area contributed by atoms with Crippen LogP contribution in [0.3, 0.4) is 0 Å². The van der Waals surface area contributed by atoms with Crippen LogP contribution < -0.4 is 0 Å². The highest BCUT2D eigenvalue weighted by atomic mass is 32.1. The van der Waals surface area contributed by atoms with Crippen molar-refractivity contribution in [3.63, 3.8) is 0 Å². The molecule has 0 saturated carbocycles. The third kappa shape index (κ3) is 3.08. The highest BCUT2D eigenvalue weighted by molar-refractivity contribution is 7.09. The molecule has 4 aromatic heterocycles. The summed E-state index contributed by atoms with van der Waals surface area (Å²) in [4.78, 5) is 25.9. The largest absolute Gasteiger partial charge is 0.306 e. The lowest BCUT2D eigenvalue weighted by atomic mass is 10.0. The lowest BCUT2D eigenvalue weighted by Gasteiger charge is -2.08. The Labute approximate surface area is 149 Å². The molecule has 0 fully saturated rings. The van der Waals surface area contributed by atoms with E-state index in [-0.39, 0.29) is 5.78 Å². The predicted molar refractivity (Wildman–Crippen MR) is 98.0 cm³/mol. The summed E-state index contributed by atoms with van der Waals surface area (Å²) < 4.78 is 1.89. The van der Waals surface area contributed by atoms with E-state index < -0.39 is 0 Å². The average molecular weight is 348 g/mol. The zero-order valence-electron chi connectivity index (χ0n) is 13.9. The van der Waals surface area contributed by atoms with Crippen LogP contribution in [0.5, 0.6) is 0 Å². The Kier molecular flexibility index (Phi) is 3.89. The topological polar surface area (TPSA) is 60.2 Å². The van der Waals surface area contributed by atoms with Gasteiger partial charge in [0, 0.05) is 41.6 Å². The molecule has 0 aliphatic rings. The Morgan fingerprint density at radius 1 is 1.12 bits per heavy atom. The van der Waals surface area contributed by atoms with Crippen LogP contribution in [0, 0.1) is 13.8 Å². The number of nitrogens with zero attached hydrogens (tertiary/aromatic N) is 4. The van der Waals surface area contributed by atoms with Crippen molar-refractivity contribution in [3.05, 3.63) is 70.3 Å². The molecule has 0 aliphatic heterocycles. The fraction of sp³-hybridized carbons (Fsp3) is 0.158. The lowest BCUT2D eigenvalue weighted by Crippen LogP contribution is -2.07. The first-order valence-electron chi connectivity index (χ1n) is 7.94. The number of hydrogen-bond acceptors (Lipinski definition) is 5. The summed E-state index contributed by atoms with van der Waals surface area (Å²) in [6.45, 7) is 3.89. The number of rotatable bonds is 4. The predicted octanol–water partition coefficient (Wildman–Crippen LogP) is 3.90. The maximum atomic E-state index is 12.9. The van der Waals surface area contributed by atoms with Gasteiger partial charge in [0.15, 0.2) is 5.78 Å². The van der Waals surface area contributed by atoms with Gasteiger partial charge >= 0.3 is 0 Å². The molecular weight excluding hydrogens is 332 g/mol. The van der Waals surface area contributed by atoms with Crippen LogP contribution in [-0.4, -0.2) is 25.1 Å². The third-order valence-corrected chi connectivity index (χ3v) is 4.96. The fourth-order valence-corrected chi connectivity index (χ4v) is 3.61. The van der Waals surface area contributed by atoms with Gasteiger partial charge in [-0.3, -0.25) is 9.78 Å². The van der Waals surface area contributed by atoms with E-state index in [4.69, 9.17) is 0 Å². The van der Waals surface area contributed by atoms with E-state index in [2.05, 4.69) is 15.0 Å². The summed E-state index contributed by atoms with van der Waals surface area (Å²) in [5, 5.41) is 2.79. The maximum absolute atomic E-state index is 12.9. The van der Waals surface area contributed by atoms with Gasteiger partial charge in [-0.1, -0.05) is 0 Å². The second-order valence-corrected chi connectivity index (χ2v) is 6.91. The van der Waals surface area contributed by atoms with Gasteiger partial charge in [0.25, 0.3) is 0 Å². The quantitative estimate of drug-likeness (QED) is 0.525. The Bertz CT molecular complexity index is 1080. The number of carbonyl (C=O) groups is 1. The van der Waals surface area contributed by atoms with E-state index >= 15 is 0 Å². The monoisotopic (exact) mass is 348 g/mol. The summed E-state index contributed by atoms with van der Waals surface area (Å²) in [7, 11) is 0. The first-order chi connectivity index (χ1) is 12.1. The fourth-order valence-electron chi connectivity index (χ4n) is 2.84. The summed E-state index contributed by atoms with van der Waals surface area (Å²) in [5.41, 5.74) is 5.17. The number of aromatic nitrogens is 4. The van der Waals surface area contributed by atoms with E-state index in [1.165, 1.54) is 11.3 Å². The van der Waals surface area contributed by atoms with E-state index in [0.717, 1.165) is 27.5 Å². The van der Waals surface area contributed by atoms with Gasteiger partial charge < -0.3 is 4.40 Å². The van der Waals surface area contributed by atoms with Gasteiger partial charge in [-0.15, -0.1) is 11.3 Å². The Hall–Kier alpha value is -2.86. The number of Topliss-reactive ketones (excluding diaryl/α,β-unsaturated/α-hetero) is 1. The minimum atomic E-state index is 0.0261. The van der Waals surface area contributed by atoms with Gasteiger partial charge in [-0.2, -0.15) is 0 Å². The molecule has 0 N–H and O–H groups in total. The number of thiazole rings is 1. The first kappa shape index (κ1) is 15.7. The lowest BCUT2D eigenvalue weighted by molar-refractivity contribution is 0.0994. The summed E-state index contributed by atoms with van der Waals surface area (Å²) in [5.74, 6) is 0.0261. The number of ketones is 1. The number of hydrogen-bond donors (Lipinski definition) is 0. The van der Waals surface area contributed by atoms with Crippen molar-refractivity contribution in [3.8, 4) is 11.1 Å². The minimum Gasteiger partial charge on any atom is -0.306 e. The number of imidazole rings is 1.